The van der Waals surface area contributed by atoms with Crippen molar-refractivity contribution < 1.29 is 9.53 Å². The molecule has 1 fully saturated rings. The van der Waals surface area contributed by atoms with Crippen LogP contribution in [0.2, 0.25) is 10.0 Å². The average molecular weight is 472 g/mol. The van der Waals surface area contributed by atoms with Crippen LogP contribution in [0.1, 0.15) is 37.3 Å². The minimum atomic E-state index is -0.221. The number of nitriles is 1. The third kappa shape index (κ3) is 5.16. The summed E-state index contributed by atoms with van der Waals surface area (Å²) in [5.41, 5.74) is 5.06. The minimum Gasteiger partial charge on any atom is -0.479 e. The van der Waals surface area contributed by atoms with Crippen molar-refractivity contribution in [3.8, 4) is 11.8 Å². The summed E-state index contributed by atoms with van der Waals surface area (Å²) < 4.78 is 5.35. The largest absolute Gasteiger partial charge is 0.479 e. The summed E-state index contributed by atoms with van der Waals surface area (Å²) in [5, 5.41) is 18.1. The van der Waals surface area contributed by atoms with E-state index in [0.29, 0.717) is 33.6 Å². The number of hydrogen-bond donors (Lipinski definition) is 1. The van der Waals surface area contributed by atoms with Crippen molar-refractivity contribution in [1.82, 2.24) is 10.4 Å². The van der Waals surface area contributed by atoms with Crippen LogP contribution in [0.5, 0.6) is 5.75 Å². The molecule has 2 aliphatic rings. The van der Waals surface area contributed by atoms with Gasteiger partial charge in [-0.3, -0.25) is 15.2 Å². The fourth-order valence-electron chi connectivity index (χ4n) is 3.91. The highest BCUT2D eigenvalue weighted by Gasteiger charge is 2.34. The Morgan fingerprint density at radius 1 is 1.16 bits per heavy atom. The molecule has 4 rings (SSSR count). The van der Waals surface area contributed by atoms with Gasteiger partial charge < -0.3 is 4.74 Å². The molecule has 1 atom stereocenters. The molecule has 1 amide bonds. The number of carbonyl (C=O) groups excluding carboxylic acids is 1. The van der Waals surface area contributed by atoms with Crippen molar-refractivity contribution >= 4 is 40.5 Å². The molecule has 0 aromatic heterocycles. The molecule has 1 N–H and O–H groups in total. The molecule has 0 aliphatic carbocycles. The van der Waals surface area contributed by atoms with Crippen molar-refractivity contribution in [3.05, 3.63) is 58.1 Å². The predicted octanol–water partition coefficient (Wildman–Crippen LogP) is 4.72. The van der Waals surface area contributed by atoms with Crippen molar-refractivity contribution in [1.29, 1.82) is 5.26 Å². The summed E-state index contributed by atoms with van der Waals surface area (Å²) >= 11 is 12.6. The van der Waals surface area contributed by atoms with Crippen LogP contribution in [0, 0.1) is 11.3 Å². The summed E-state index contributed by atoms with van der Waals surface area (Å²) in [7, 11) is 0. The number of amides is 1. The molecule has 2 heterocycles. The molecule has 9 heteroatoms. The highest BCUT2D eigenvalue weighted by atomic mass is 35.5. The number of benzene rings is 2. The van der Waals surface area contributed by atoms with Crippen molar-refractivity contribution in [2.24, 2.45) is 5.10 Å². The number of nitrogens with one attached hydrogen (secondary N) is 1. The van der Waals surface area contributed by atoms with E-state index >= 15 is 0 Å². The lowest BCUT2D eigenvalue weighted by molar-refractivity contribution is -0.119. The maximum atomic E-state index is 13.0. The van der Waals surface area contributed by atoms with Gasteiger partial charge in [-0.15, -0.1) is 0 Å². The van der Waals surface area contributed by atoms with Crippen molar-refractivity contribution in [2.45, 2.75) is 31.7 Å². The van der Waals surface area contributed by atoms with Gasteiger partial charge in [-0.25, -0.2) is 5.01 Å². The van der Waals surface area contributed by atoms with Crippen LogP contribution in [-0.2, 0) is 4.79 Å². The zero-order valence-corrected chi connectivity index (χ0v) is 18.9. The second kappa shape index (κ2) is 10.2. The summed E-state index contributed by atoms with van der Waals surface area (Å²) in [6.45, 7) is 1.68. The predicted molar refractivity (Wildman–Crippen MR) is 125 cm³/mol. The first-order valence-corrected chi connectivity index (χ1v) is 11.3. The molecule has 0 spiro atoms. The topological polar surface area (TPSA) is 81.0 Å². The molecule has 0 bridgehead atoms. The van der Waals surface area contributed by atoms with E-state index in [2.05, 4.69) is 10.5 Å². The van der Waals surface area contributed by atoms with Crippen LogP contribution in [0.4, 0.5) is 5.69 Å². The molecular weight excluding hydrogens is 449 g/mol. The number of anilines is 1. The lowest BCUT2D eigenvalue weighted by atomic mass is 10.0. The number of hydrazine groups is 1. The van der Waals surface area contributed by atoms with Gasteiger partial charge in [0, 0.05) is 24.5 Å². The number of piperidine rings is 1. The number of hydrogen-bond acceptors (Lipinski definition) is 6. The summed E-state index contributed by atoms with van der Waals surface area (Å²) in [5.74, 6) is 0.409. The van der Waals surface area contributed by atoms with Gasteiger partial charge in [0.2, 0.25) is 0 Å². The number of carbonyl (C=O) groups is 1. The Kier molecular flexibility index (Phi) is 7.15. The van der Waals surface area contributed by atoms with Crippen LogP contribution in [0.15, 0.2) is 47.6 Å². The second-order valence-electron chi connectivity index (χ2n) is 7.71. The average Bonchev–Trinajstić information content (AvgIpc) is 3.24. The van der Waals surface area contributed by atoms with Gasteiger partial charge in [-0.2, -0.15) is 10.4 Å². The fraction of sp³-hybridized carbons (Fsp3) is 0.348. The molecule has 0 radical (unpaired) electrons. The van der Waals surface area contributed by atoms with Crippen LogP contribution >= 0.6 is 23.2 Å². The van der Waals surface area contributed by atoms with Gasteiger partial charge in [0.15, 0.2) is 6.61 Å². The Labute approximate surface area is 197 Å². The Bertz CT molecular complexity index is 1050. The lowest BCUT2D eigenvalue weighted by Gasteiger charge is -2.26. The lowest BCUT2D eigenvalue weighted by Crippen LogP contribution is -2.47. The number of halogens is 2. The first kappa shape index (κ1) is 22.4. The molecule has 0 saturated carbocycles. The van der Waals surface area contributed by atoms with Gasteiger partial charge in [-0.05, 0) is 48.7 Å². The van der Waals surface area contributed by atoms with Gasteiger partial charge in [-0.1, -0.05) is 41.8 Å². The Hall–Kier alpha value is -2.79. The van der Waals surface area contributed by atoms with E-state index in [0.717, 1.165) is 31.5 Å². The maximum Gasteiger partial charge on any atom is 0.281 e. The molecular formula is C23H23Cl2N5O2. The molecule has 7 nitrogen and oxygen atoms in total. The molecule has 2 aliphatic heterocycles. The maximum absolute atomic E-state index is 13.0. The summed E-state index contributed by atoms with van der Waals surface area (Å²) in [6, 6.07) is 14.4. The fourth-order valence-corrected chi connectivity index (χ4v) is 4.41. The van der Waals surface area contributed by atoms with E-state index < -0.39 is 0 Å². The highest BCUT2D eigenvalue weighted by molar-refractivity contribution is 6.40. The van der Waals surface area contributed by atoms with Crippen LogP contribution < -0.4 is 15.2 Å². The molecule has 166 valence electrons. The standard InChI is InChI=1S/C23H23Cl2N5O2/c24-17-6-9-21(19(25)14-17)30-22(16-4-7-18(8-5-16)32-13-10-26)15-20(27-30)23(31)28-29-11-2-1-3-12-29/h4-9,14,22H,1-3,11-13,15H2,(H,28,31). The number of rotatable bonds is 6. The molecule has 2 aromatic rings. The number of ether oxygens (including phenoxy) is 1. The highest BCUT2D eigenvalue weighted by Crippen LogP contribution is 2.40. The number of nitrogens with zero attached hydrogens (tertiary/aromatic N) is 4. The first-order chi connectivity index (χ1) is 15.5. The van der Waals surface area contributed by atoms with Gasteiger partial charge in [0.25, 0.3) is 5.91 Å². The smallest absolute Gasteiger partial charge is 0.281 e. The van der Waals surface area contributed by atoms with Gasteiger partial charge in [0.05, 0.1) is 16.8 Å². The second-order valence-corrected chi connectivity index (χ2v) is 8.56. The summed E-state index contributed by atoms with van der Waals surface area (Å²) in [6.07, 6.45) is 3.76. The van der Waals surface area contributed by atoms with E-state index in [9.17, 15) is 4.79 Å². The van der Waals surface area contributed by atoms with Gasteiger partial charge >= 0.3 is 0 Å². The minimum absolute atomic E-state index is 0.0147. The van der Waals surface area contributed by atoms with Crippen LogP contribution in [-0.4, -0.2) is 36.3 Å². The van der Waals surface area contributed by atoms with Crippen LogP contribution in [0.25, 0.3) is 0 Å². The molecule has 1 unspecified atom stereocenters. The normalized spacial score (nSPS) is 18.7. The van der Waals surface area contributed by atoms with E-state index in [1.807, 2.05) is 23.2 Å². The number of hydrazone groups is 1. The Morgan fingerprint density at radius 2 is 1.91 bits per heavy atom. The van der Waals surface area contributed by atoms with Gasteiger partial charge in [0.1, 0.15) is 17.5 Å². The third-order valence-electron chi connectivity index (χ3n) is 5.51. The SMILES string of the molecule is N#CCOc1ccc(C2CC(C(=O)NN3CCCCC3)=NN2c2ccc(Cl)cc2Cl)cc1. The zero-order chi connectivity index (χ0) is 22.5. The Balaban J connectivity index is 1.59. The Morgan fingerprint density at radius 3 is 2.59 bits per heavy atom. The molecule has 32 heavy (non-hydrogen) atoms. The van der Waals surface area contributed by atoms with E-state index in [4.69, 9.17) is 33.2 Å². The zero-order valence-electron chi connectivity index (χ0n) is 17.4. The first-order valence-electron chi connectivity index (χ1n) is 10.5. The van der Waals surface area contributed by atoms with Crippen molar-refractivity contribution in [2.75, 3.05) is 24.7 Å². The third-order valence-corrected chi connectivity index (χ3v) is 6.05. The summed E-state index contributed by atoms with van der Waals surface area (Å²) in [4.78, 5) is 13.0. The van der Waals surface area contributed by atoms with Crippen LogP contribution in [0.3, 0.4) is 0 Å². The molecule has 2 aromatic carbocycles. The quantitative estimate of drug-likeness (QED) is 0.658. The van der Waals surface area contributed by atoms with E-state index in [1.54, 1.807) is 35.3 Å². The van der Waals surface area contributed by atoms with Crippen molar-refractivity contribution in [3.63, 3.8) is 0 Å². The van der Waals surface area contributed by atoms with E-state index in [-0.39, 0.29) is 18.6 Å². The van der Waals surface area contributed by atoms with E-state index in [1.165, 1.54) is 6.42 Å². The monoisotopic (exact) mass is 471 g/mol. The molecule has 1 saturated heterocycles.